The second-order valence-electron chi connectivity index (χ2n) is 9.79. The van der Waals surface area contributed by atoms with Crippen molar-refractivity contribution in [1.82, 2.24) is 15.5 Å². The molecule has 0 aromatic heterocycles. The van der Waals surface area contributed by atoms with Crippen LogP contribution in [0.1, 0.15) is 76.2 Å². The molecule has 1 aromatic carbocycles. The van der Waals surface area contributed by atoms with Gasteiger partial charge in [-0.2, -0.15) is 0 Å². The van der Waals surface area contributed by atoms with Gasteiger partial charge in [0, 0.05) is 24.7 Å². The predicted octanol–water partition coefficient (Wildman–Crippen LogP) is 5.85. The van der Waals surface area contributed by atoms with Gasteiger partial charge in [-0.25, -0.2) is 9.59 Å². The summed E-state index contributed by atoms with van der Waals surface area (Å²) in [5, 5.41) is 4.94. The number of carbonyl (C=O) groups is 4. The zero-order valence-electron chi connectivity index (χ0n) is 27.0. The zero-order valence-corrected chi connectivity index (χ0v) is 27.0. The highest BCUT2D eigenvalue weighted by Crippen LogP contribution is 2.21. The normalized spacial score (nSPS) is 16.3. The highest BCUT2D eigenvalue weighted by molar-refractivity contribution is 6.07. The molecule has 0 unspecified atom stereocenters. The molecule has 10 nitrogen and oxygen atoms in total. The number of unbranched alkanes of at least 4 members (excludes halogenated alkanes) is 1. The SMILES string of the molecule is C/C=C/C(=O)OC.C=CC[C@]1(CN(C)Cc2ccc(OC)cc2C=O)NC(=O)NC1=O.CC/C=C(\C)O/C(C)=C/CCC. The maximum absolute atomic E-state index is 12.1. The standard InChI is InChI=1S/C17H21N3O4.C11H20O.C5H8O2/c1-4-7-17(15(22)18-16(23)19-17)11-20(2)9-12-5-6-14(24-3)8-13(12)10-21;1-5-7-9-11(4)12-10(3)8-6-2;1-3-4-5(6)7-2/h4-6,8,10H,1,7,9,11H2,2-3H3,(H2,18,19,22,23);8-9H,5-7H2,1-4H3;3-4H,1-2H3/b;10-8+,11-9+;4-3+/t17-;;/m1../s1. The summed E-state index contributed by atoms with van der Waals surface area (Å²) in [7, 11) is 4.71. The van der Waals surface area contributed by atoms with Crippen LogP contribution >= 0.6 is 0 Å². The van der Waals surface area contributed by atoms with Crippen molar-refractivity contribution >= 4 is 24.2 Å². The Balaban J connectivity index is 0.000000772. The van der Waals surface area contributed by atoms with Gasteiger partial charge < -0.3 is 19.5 Å². The average molecular weight is 600 g/mol. The molecule has 1 aromatic rings. The summed E-state index contributed by atoms with van der Waals surface area (Å²) in [6, 6.07) is 4.75. The van der Waals surface area contributed by atoms with Crippen molar-refractivity contribution in [3.8, 4) is 5.75 Å². The van der Waals surface area contributed by atoms with E-state index in [9.17, 15) is 19.2 Å². The van der Waals surface area contributed by atoms with E-state index in [1.165, 1.54) is 26.7 Å². The Kier molecular flexibility index (Phi) is 19.4. The maximum atomic E-state index is 12.1. The van der Waals surface area contributed by atoms with Crippen molar-refractivity contribution in [2.45, 2.75) is 72.4 Å². The van der Waals surface area contributed by atoms with E-state index in [1.54, 1.807) is 31.2 Å². The molecule has 3 amide bonds. The fourth-order valence-electron chi connectivity index (χ4n) is 4.03. The van der Waals surface area contributed by atoms with Gasteiger partial charge in [0.25, 0.3) is 5.91 Å². The number of aldehydes is 1. The molecule has 0 saturated carbocycles. The van der Waals surface area contributed by atoms with E-state index in [1.807, 2.05) is 31.9 Å². The number of likely N-dealkylation sites (N-methyl/N-ethyl adjacent to an activating group) is 1. The number of amides is 3. The van der Waals surface area contributed by atoms with E-state index >= 15 is 0 Å². The smallest absolute Gasteiger partial charge is 0.330 e. The Hall–Kier alpha value is -4.18. The minimum Gasteiger partial charge on any atom is -0.497 e. The molecule has 1 saturated heterocycles. The molecule has 1 aliphatic rings. The number of carbonyl (C=O) groups excluding carboxylic acids is 4. The quantitative estimate of drug-likeness (QED) is 0.0682. The summed E-state index contributed by atoms with van der Waals surface area (Å²) in [6.45, 7) is 14.4. The molecule has 10 heteroatoms. The molecule has 0 radical (unpaired) electrons. The fourth-order valence-corrected chi connectivity index (χ4v) is 4.03. The molecule has 2 rings (SSSR count). The van der Waals surface area contributed by atoms with Gasteiger partial charge in [-0.1, -0.05) is 38.5 Å². The van der Waals surface area contributed by atoms with Crippen LogP contribution in [0.15, 0.2) is 66.7 Å². The summed E-state index contributed by atoms with van der Waals surface area (Å²) in [5.41, 5.74) is 0.298. The third-order valence-corrected chi connectivity index (χ3v) is 6.01. The Labute approximate surface area is 256 Å². The first-order valence-corrected chi connectivity index (χ1v) is 14.2. The molecular weight excluding hydrogens is 550 g/mol. The van der Waals surface area contributed by atoms with Crippen LogP contribution in [0.4, 0.5) is 4.79 Å². The van der Waals surface area contributed by atoms with Crippen LogP contribution in [0.3, 0.4) is 0 Å². The minimum absolute atomic E-state index is 0.293. The number of esters is 1. The highest BCUT2D eigenvalue weighted by Gasteiger charge is 2.45. The van der Waals surface area contributed by atoms with Crippen LogP contribution in [0, 0.1) is 0 Å². The molecular formula is C33H49N3O7. The van der Waals surface area contributed by atoms with Gasteiger partial charge in [0.2, 0.25) is 0 Å². The molecule has 1 fully saturated rings. The first kappa shape index (κ1) is 38.8. The van der Waals surface area contributed by atoms with E-state index in [0.29, 0.717) is 30.8 Å². The number of benzene rings is 1. The van der Waals surface area contributed by atoms with Crippen molar-refractivity contribution in [2.75, 3.05) is 27.8 Å². The second kappa shape index (κ2) is 21.5. The number of imide groups is 1. The third kappa shape index (κ3) is 15.0. The molecule has 0 aliphatic carbocycles. The Morgan fingerprint density at radius 2 is 1.79 bits per heavy atom. The monoisotopic (exact) mass is 599 g/mol. The Morgan fingerprint density at radius 3 is 2.26 bits per heavy atom. The highest BCUT2D eigenvalue weighted by atomic mass is 16.5. The van der Waals surface area contributed by atoms with Gasteiger partial charge in [-0.05, 0) is 76.9 Å². The van der Waals surface area contributed by atoms with Gasteiger partial charge in [-0.15, -0.1) is 6.58 Å². The molecule has 0 bridgehead atoms. The van der Waals surface area contributed by atoms with Crippen molar-refractivity contribution in [3.05, 3.63) is 77.8 Å². The minimum atomic E-state index is -1.04. The van der Waals surface area contributed by atoms with Crippen LogP contribution in [-0.2, 0) is 25.6 Å². The van der Waals surface area contributed by atoms with Crippen LogP contribution in [-0.4, -0.2) is 62.4 Å². The fraction of sp³-hybridized carbons (Fsp3) is 0.455. The molecule has 0 spiro atoms. The molecule has 238 valence electrons. The van der Waals surface area contributed by atoms with Gasteiger partial charge in [0.05, 0.1) is 25.7 Å². The summed E-state index contributed by atoms with van der Waals surface area (Å²) in [6.07, 6.45) is 13.2. The number of hydrogen-bond donors (Lipinski definition) is 2. The largest absolute Gasteiger partial charge is 0.497 e. The molecule has 1 heterocycles. The number of rotatable bonds is 14. The zero-order chi connectivity index (χ0) is 32.8. The predicted molar refractivity (Wildman–Crippen MR) is 170 cm³/mol. The van der Waals surface area contributed by atoms with E-state index in [0.717, 1.165) is 36.2 Å². The number of nitrogens with one attached hydrogen (secondary N) is 2. The van der Waals surface area contributed by atoms with Gasteiger partial charge in [-0.3, -0.25) is 19.8 Å². The van der Waals surface area contributed by atoms with Crippen LogP contribution in [0.5, 0.6) is 5.75 Å². The van der Waals surface area contributed by atoms with Crippen molar-refractivity contribution < 1.29 is 33.4 Å². The van der Waals surface area contributed by atoms with Gasteiger partial charge in [0.1, 0.15) is 11.3 Å². The molecule has 2 N–H and O–H groups in total. The summed E-state index contributed by atoms with van der Waals surface area (Å²) < 4.78 is 14.9. The Bertz CT molecular complexity index is 1160. The number of nitrogens with zero attached hydrogens (tertiary/aromatic N) is 1. The first-order chi connectivity index (χ1) is 20.4. The first-order valence-electron chi connectivity index (χ1n) is 14.2. The van der Waals surface area contributed by atoms with Crippen molar-refractivity contribution in [3.63, 3.8) is 0 Å². The van der Waals surface area contributed by atoms with E-state index in [4.69, 9.17) is 9.47 Å². The average Bonchev–Trinajstić information content (AvgIpc) is 3.24. The number of allylic oxidation sites excluding steroid dienone is 5. The third-order valence-electron chi connectivity index (χ3n) is 6.01. The number of urea groups is 1. The van der Waals surface area contributed by atoms with Crippen LogP contribution in [0.2, 0.25) is 0 Å². The van der Waals surface area contributed by atoms with Gasteiger partial charge in [0.15, 0.2) is 6.29 Å². The second-order valence-corrected chi connectivity index (χ2v) is 9.79. The number of methoxy groups -OCH3 is 2. The summed E-state index contributed by atoms with van der Waals surface area (Å²) >= 11 is 0. The van der Waals surface area contributed by atoms with E-state index in [2.05, 4.69) is 47.9 Å². The van der Waals surface area contributed by atoms with Crippen molar-refractivity contribution in [1.29, 1.82) is 0 Å². The lowest BCUT2D eigenvalue weighted by Gasteiger charge is -2.30. The lowest BCUT2D eigenvalue weighted by atomic mass is 9.94. The van der Waals surface area contributed by atoms with Crippen LogP contribution in [0.25, 0.3) is 0 Å². The maximum Gasteiger partial charge on any atom is 0.330 e. The topological polar surface area (TPSA) is 123 Å². The summed E-state index contributed by atoms with van der Waals surface area (Å²) in [5.74, 6) is 1.95. The van der Waals surface area contributed by atoms with Gasteiger partial charge >= 0.3 is 12.0 Å². The summed E-state index contributed by atoms with van der Waals surface area (Å²) in [4.78, 5) is 46.9. The molecule has 43 heavy (non-hydrogen) atoms. The van der Waals surface area contributed by atoms with Crippen molar-refractivity contribution in [2.24, 2.45) is 0 Å². The lowest BCUT2D eigenvalue weighted by Crippen LogP contribution is -2.54. The van der Waals surface area contributed by atoms with E-state index in [-0.39, 0.29) is 11.9 Å². The lowest BCUT2D eigenvalue weighted by molar-refractivity contribution is -0.134. The number of hydrogen-bond acceptors (Lipinski definition) is 8. The number of ether oxygens (including phenoxy) is 3. The van der Waals surface area contributed by atoms with E-state index < -0.39 is 11.6 Å². The Morgan fingerprint density at radius 1 is 1.12 bits per heavy atom. The van der Waals surface area contributed by atoms with Crippen LogP contribution < -0.4 is 15.4 Å². The molecule has 1 aliphatic heterocycles. The molecule has 1 atom stereocenters.